The van der Waals surface area contributed by atoms with Gasteiger partial charge in [-0.25, -0.2) is 4.98 Å². The van der Waals surface area contributed by atoms with Crippen LogP contribution in [0.4, 0.5) is 0 Å². The average molecular weight is 272 g/mol. The SMILES string of the molecule is Cc1[nH]cnc1-c1nnc2n1[C@@H](C)C(=O)N1CCC[C@H]21. The summed E-state index contributed by atoms with van der Waals surface area (Å²) in [7, 11) is 0. The molecule has 2 atom stereocenters. The molecule has 4 heterocycles. The molecule has 1 amide bonds. The van der Waals surface area contributed by atoms with E-state index < -0.39 is 0 Å². The van der Waals surface area contributed by atoms with E-state index in [1.165, 1.54) is 0 Å². The molecule has 2 aromatic heterocycles. The Morgan fingerprint density at radius 3 is 3.00 bits per heavy atom. The van der Waals surface area contributed by atoms with Crippen LogP contribution in [0.2, 0.25) is 0 Å². The summed E-state index contributed by atoms with van der Waals surface area (Å²) < 4.78 is 1.96. The van der Waals surface area contributed by atoms with E-state index in [-0.39, 0.29) is 18.0 Å². The molecule has 1 saturated heterocycles. The number of amides is 1. The van der Waals surface area contributed by atoms with E-state index in [9.17, 15) is 4.79 Å². The van der Waals surface area contributed by atoms with E-state index in [0.717, 1.165) is 36.6 Å². The predicted octanol–water partition coefficient (Wildman–Crippen LogP) is 1.21. The van der Waals surface area contributed by atoms with Gasteiger partial charge in [-0.2, -0.15) is 0 Å². The number of rotatable bonds is 1. The van der Waals surface area contributed by atoms with Gasteiger partial charge in [-0.05, 0) is 26.7 Å². The first-order valence-electron chi connectivity index (χ1n) is 6.94. The van der Waals surface area contributed by atoms with E-state index in [1.54, 1.807) is 6.33 Å². The zero-order valence-electron chi connectivity index (χ0n) is 11.5. The first kappa shape index (κ1) is 11.6. The second-order valence-corrected chi connectivity index (χ2v) is 5.49. The fourth-order valence-electron chi connectivity index (χ4n) is 3.31. The maximum absolute atomic E-state index is 12.5. The van der Waals surface area contributed by atoms with Crippen LogP contribution in [0.5, 0.6) is 0 Å². The fraction of sp³-hybridized carbons (Fsp3) is 0.538. The maximum Gasteiger partial charge on any atom is 0.246 e. The molecule has 0 saturated carbocycles. The molecule has 0 spiro atoms. The number of aromatic nitrogens is 5. The maximum atomic E-state index is 12.5. The van der Waals surface area contributed by atoms with Gasteiger partial charge >= 0.3 is 0 Å². The third-order valence-corrected chi connectivity index (χ3v) is 4.34. The zero-order chi connectivity index (χ0) is 13.9. The molecule has 104 valence electrons. The van der Waals surface area contributed by atoms with Gasteiger partial charge in [0.15, 0.2) is 11.6 Å². The van der Waals surface area contributed by atoms with Gasteiger partial charge in [0, 0.05) is 12.2 Å². The zero-order valence-corrected chi connectivity index (χ0v) is 11.5. The van der Waals surface area contributed by atoms with Crippen molar-refractivity contribution >= 4 is 5.91 Å². The standard InChI is InChI=1S/C13H16N6O/c1-7-10(15-6-14-7)12-17-16-11-9-4-3-5-18(9)13(20)8(2)19(11)12/h6,8-9H,3-5H2,1-2H3,(H,14,15)/t8-,9+/m0/s1. The van der Waals surface area contributed by atoms with E-state index in [4.69, 9.17) is 0 Å². The summed E-state index contributed by atoms with van der Waals surface area (Å²) in [5, 5.41) is 8.64. The molecule has 2 aromatic rings. The summed E-state index contributed by atoms with van der Waals surface area (Å²) in [6.07, 6.45) is 3.65. The number of nitrogens with one attached hydrogen (secondary N) is 1. The number of imidazole rings is 1. The minimum atomic E-state index is -0.263. The van der Waals surface area contributed by atoms with Crippen molar-refractivity contribution in [2.75, 3.05) is 6.54 Å². The second kappa shape index (κ2) is 3.91. The van der Waals surface area contributed by atoms with Gasteiger partial charge in [0.05, 0.1) is 12.4 Å². The summed E-state index contributed by atoms with van der Waals surface area (Å²) in [6.45, 7) is 4.69. The van der Waals surface area contributed by atoms with Gasteiger partial charge < -0.3 is 9.88 Å². The minimum Gasteiger partial charge on any atom is -0.348 e. The van der Waals surface area contributed by atoms with Gasteiger partial charge in [0.1, 0.15) is 11.7 Å². The van der Waals surface area contributed by atoms with Crippen molar-refractivity contribution in [1.82, 2.24) is 29.6 Å². The topological polar surface area (TPSA) is 79.7 Å². The van der Waals surface area contributed by atoms with Gasteiger partial charge in [-0.3, -0.25) is 9.36 Å². The number of hydrogen-bond donors (Lipinski definition) is 1. The Balaban J connectivity index is 1.91. The normalized spacial score (nSPS) is 24.9. The number of nitrogens with zero attached hydrogens (tertiary/aromatic N) is 5. The predicted molar refractivity (Wildman–Crippen MR) is 70.7 cm³/mol. The molecular weight excluding hydrogens is 256 g/mol. The minimum absolute atomic E-state index is 0.0826. The number of hydrogen-bond acceptors (Lipinski definition) is 4. The summed E-state index contributed by atoms with van der Waals surface area (Å²) in [4.78, 5) is 21.8. The molecule has 0 radical (unpaired) electrons. The Bertz CT molecular complexity index is 687. The third kappa shape index (κ3) is 1.35. The number of aryl methyl sites for hydroxylation is 1. The average Bonchev–Trinajstić information content (AvgIpc) is 3.12. The van der Waals surface area contributed by atoms with Crippen molar-refractivity contribution in [2.24, 2.45) is 0 Å². The molecule has 1 N–H and O–H groups in total. The van der Waals surface area contributed by atoms with Crippen molar-refractivity contribution in [3.63, 3.8) is 0 Å². The Morgan fingerprint density at radius 1 is 1.40 bits per heavy atom. The van der Waals surface area contributed by atoms with Crippen LogP contribution in [0.3, 0.4) is 0 Å². The van der Waals surface area contributed by atoms with Crippen LogP contribution in [-0.4, -0.2) is 42.1 Å². The molecule has 4 rings (SSSR count). The highest BCUT2D eigenvalue weighted by atomic mass is 16.2. The quantitative estimate of drug-likeness (QED) is 0.846. The second-order valence-electron chi connectivity index (χ2n) is 5.49. The Hall–Kier alpha value is -2.18. The highest BCUT2D eigenvalue weighted by Gasteiger charge is 2.43. The van der Waals surface area contributed by atoms with Crippen LogP contribution in [0.25, 0.3) is 11.5 Å². The van der Waals surface area contributed by atoms with Gasteiger partial charge in [0.25, 0.3) is 0 Å². The lowest BCUT2D eigenvalue weighted by molar-refractivity contribution is -0.137. The third-order valence-electron chi connectivity index (χ3n) is 4.34. The Morgan fingerprint density at radius 2 is 2.25 bits per heavy atom. The molecule has 20 heavy (non-hydrogen) atoms. The monoisotopic (exact) mass is 272 g/mol. The lowest BCUT2D eigenvalue weighted by Crippen LogP contribution is -2.42. The molecule has 2 aliphatic heterocycles. The number of H-pyrrole nitrogens is 1. The fourth-order valence-corrected chi connectivity index (χ4v) is 3.31. The van der Waals surface area contributed by atoms with Crippen LogP contribution in [0.1, 0.15) is 43.4 Å². The van der Waals surface area contributed by atoms with Crippen LogP contribution in [-0.2, 0) is 4.79 Å². The lowest BCUT2D eigenvalue weighted by Gasteiger charge is -2.34. The van der Waals surface area contributed by atoms with Crippen LogP contribution >= 0.6 is 0 Å². The number of carbonyl (C=O) groups is 1. The van der Waals surface area contributed by atoms with Crippen molar-refractivity contribution in [3.05, 3.63) is 17.8 Å². The molecule has 2 aliphatic rings. The summed E-state index contributed by atoms with van der Waals surface area (Å²) in [6, 6.07) is -0.181. The molecular formula is C13H16N6O. The van der Waals surface area contributed by atoms with Crippen molar-refractivity contribution in [3.8, 4) is 11.5 Å². The van der Waals surface area contributed by atoms with E-state index >= 15 is 0 Å². The van der Waals surface area contributed by atoms with E-state index in [0.29, 0.717) is 5.82 Å². The summed E-state index contributed by atoms with van der Waals surface area (Å²) in [5.41, 5.74) is 1.71. The summed E-state index contributed by atoms with van der Waals surface area (Å²) >= 11 is 0. The highest BCUT2D eigenvalue weighted by molar-refractivity contribution is 5.82. The van der Waals surface area contributed by atoms with Crippen LogP contribution < -0.4 is 0 Å². The highest BCUT2D eigenvalue weighted by Crippen LogP contribution is 2.40. The molecule has 7 heteroatoms. The number of aromatic amines is 1. The number of carbonyl (C=O) groups excluding carboxylic acids is 1. The lowest BCUT2D eigenvalue weighted by atomic mass is 10.1. The molecule has 7 nitrogen and oxygen atoms in total. The molecule has 0 unspecified atom stereocenters. The molecule has 0 aliphatic carbocycles. The van der Waals surface area contributed by atoms with Crippen molar-refractivity contribution in [1.29, 1.82) is 0 Å². The first-order chi connectivity index (χ1) is 9.68. The molecule has 0 bridgehead atoms. The van der Waals surface area contributed by atoms with Gasteiger partial charge in [-0.15, -0.1) is 10.2 Å². The van der Waals surface area contributed by atoms with Crippen LogP contribution in [0.15, 0.2) is 6.33 Å². The van der Waals surface area contributed by atoms with E-state index in [1.807, 2.05) is 23.3 Å². The molecule has 0 aromatic carbocycles. The van der Waals surface area contributed by atoms with Gasteiger partial charge in [0.2, 0.25) is 5.91 Å². The van der Waals surface area contributed by atoms with Crippen LogP contribution in [0, 0.1) is 6.92 Å². The van der Waals surface area contributed by atoms with E-state index in [2.05, 4.69) is 20.2 Å². The Labute approximate surface area is 116 Å². The Kier molecular flexibility index (Phi) is 2.27. The van der Waals surface area contributed by atoms with Crippen molar-refractivity contribution in [2.45, 2.75) is 38.8 Å². The smallest absolute Gasteiger partial charge is 0.246 e. The first-order valence-corrected chi connectivity index (χ1v) is 6.94. The van der Waals surface area contributed by atoms with Gasteiger partial charge in [-0.1, -0.05) is 0 Å². The summed E-state index contributed by atoms with van der Waals surface area (Å²) in [5.74, 6) is 1.74. The largest absolute Gasteiger partial charge is 0.348 e. The molecule has 1 fully saturated rings. The number of fused-ring (bicyclic) bond motifs is 3. The van der Waals surface area contributed by atoms with Crippen molar-refractivity contribution < 1.29 is 4.79 Å².